The molecule has 30 heavy (non-hydrogen) atoms. The van der Waals surface area contributed by atoms with Crippen molar-refractivity contribution in [1.82, 2.24) is 24.8 Å². The first-order valence-corrected chi connectivity index (χ1v) is 9.95. The van der Waals surface area contributed by atoms with Crippen molar-refractivity contribution in [1.29, 1.82) is 0 Å². The number of likely N-dealkylation sites (tertiary alicyclic amines) is 1. The second-order valence-corrected chi connectivity index (χ2v) is 7.30. The summed E-state index contributed by atoms with van der Waals surface area (Å²) in [5.41, 5.74) is 2.80. The number of benzene rings is 1. The molecule has 1 fully saturated rings. The first-order valence-electron chi connectivity index (χ1n) is 9.95. The van der Waals surface area contributed by atoms with Gasteiger partial charge >= 0.3 is 0 Å². The summed E-state index contributed by atoms with van der Waals surface area (Å²) in [6.07, 6.45) is 9.93. The Hall–Kier alpha value is -3.55. The van der Waals surface area contributed by atoms with Crippen molar-refractivity contribution in [2.75, 3.05) is 18.5 Å². The quantitative estimate of drug-likeness (QED) is 0.673. The number of carbonyl (C=O) groups excluding carboxylic acids is 1. The zero-order valence-corrected chi connectivity index (χ0v) is 17.1. The van der Waals surface area contributed by atoms with Gasteiger partial charge in [0.1, 0.15) is 17.4 Å². The van der Waals surface area contributed by atoms with Crippen LogP contribution in [0.3, 0.4) is 0 Å². The zero-order valence-electron chi connectivity index (χ0n) is 17.1. The molecule has 154 valence electrons. The predicted octanol–water partition coefficient (Wildman–Crippen LogP) is 3.37. The smallest absolute Gasteiger partial charge is 0.261 e. The molecule has 1 saturated heterocycles. The van der Waals surface area contributed by atoms with Gasteiger partial charge in [-0.2, -0.15) is 0 Å². The van der Waals surface area contributed by atoms with Crippen molar-refractivity contribution in [3.63, 3.8) is 0 Å². The number of nitrogens with zero attached hydrogens (tertiary/aromatic N) is 5. The molecule has 3 heterocycles. The Bertz CT molecular complexity index is 1010. The molecule has 2 aromatic heterocycles. The molecule has 3 aromatic rings. The molecule has 0 radical (unpaired) electrons. The third-order valence-electron chi connectivity index (χ3n) is 5.14. The van der Waals surface area contributed by atoms with E-state index in [0.29, 0.717) is 18.2 Å². The van der Waals surface area contributed by atoms with Crippen LogP contribution in [-0.4, -0.2) is 43.9 Å². The minimum Gasteiger partial charge on any atom is -0.483 e. The van der Waals surface area contributed by atoms with Crippen LogP contribution >= 0.6 is 0 Å². The van der Waals surface area contributed by atoms with Crippen molar-refractivity contribution >= 4 is 17.5 Å². The number of nitrogens with one attached hydrogen (secondary N) is 1. The summed E-state index contributed by atoms with van der Waals surface area (Å²) in [6, 6.07) is 5.83. The van der Waals surface area contributed by atoms with Crippen LogP contribution in [0, 0.1) is 13.8 Å². The molecule has 1 amide bonds. The van der Waals surface area contributed by atoms with E-state index in [2.05, 4.69) is 25.3 Å². The third kappa shape index (κ3) is 4.37. The van der Waals surface area contributed by atoms with Crippen molar-refractivity contribution in [3.8, 4) is 5.75 Å². The Kier molecular flexibility index (Phi) is 5.83. The van der Waals surface area contributed by atoms with Crippen LogP contribution in [-0.2, 0) is 4.79 Å². The topological polar surface area (TPSA) is 93.1 Å². The summed E-state index contributed by atoms with van der Waals surface area (Å²) < 4.78 is 5.87. The SMILES string of the molecule is Cc1cccc(C)c1OCC(=O)N1CCCC1c1cncc(Nc2cnccn2)n1. The van der Waals surface area contributed by atoms with Gasteiger partial charge in [0, 0.05) is 18.9 Å². The summed E-state index contributed by atoms with van der Waals surface area (Å²) >= 11 is 0. The lowest BCUT2D eigenvalue weighted by Gasteiger charge is -2.25. The molecule has 8 nitrogen and oxygen atoms in total. The van der Waals surface area contributed by atoms with Gasteiger partial charge in [-0.15, -0.1) is 0 Å². The molecule has 1 N–H and O–H groups in total. The molecule has 4 rings (SSSR count). The highest BCUT2D eigenvalue weighted by Gasteiger charge is 2.31. The number of aromatic nitrogens is 4. The van der Waals surface area contributed by atoms with E-state index in [1.165, 1.54) is 0 Å². The van der Waals surface area contributed by atoms with Crippen molar-refractivity contribution in [2.24, 2.45) is 0 Å². The number of hydrogen-bond donors (Lipinski definition) is 1. The minimum absolute atomic E-state index is 0.00711. The van der Waals surface area contributed by atoms with E-state index in [4.69, 9.17) is 4.74 Å². The maximum Gasteiger partial charge on any atom is 0.261 e. The predicted molar refractivity (Wildman–Crippen MR) is 112 cm³/mol. The molecule has 0 saturated carbocycles. The van der Waals surface area contributed by atoms with Gasteiger partial charge in [0.05, 0.1) is 30.3 Å². The van der Waals surface area contributed by atoms with Crippen LogP contribution in [0.4, 0.5) is 11.6 Å². The minimum atomic E-state index is -0.116. The first kappa shape index (κ1) is 19.8. The van der Waals surface area contributed by atoms with Gasteiger partial charge in [0.15, 0.2) is 6.61 Å². The van der Waals surface area contributed by atoms with Gasteiger partial charge in [0.2, 0.25) is 0 Å². The van der Waals surface area contributed by atoms with Crippen molar-refractivity contribution in [3.05, 3.63) is 66.0 Å². The number of amides is 1. The second-order valence-electron chi connectivity index (χ2n) is 7.30. The maximum atomic E-state index is 12.9. The monoisotopic (exact) mass is 404 g/mol. The van der Waals surface area contributed by atoms with E-state index in [9.17, 15) is 4.79 Å². The molecule has 1 aliphatic rings. The van der Waals surface area contributed by atoms with Crippen LogP contribution in [0.5, 0.6) is 5.75 Å². The number of hydrogen-bond acceptors (Lipinski definition) is 7. The average molecular weight is 404 g/mol. The van der Waals surface area contributed by atoms with Crippen LogP contribution in [0.1, 0.15) is 35.7 Å². The number of anilines is 2. The van der Waals surface area contributed by atoms with Gasteiger partial charge in [-0.05, 0) is 37.8 Å². The number of para-hydroxylation sites is 1. The fraction of sp³-hybridized carbons (Fsp3) is 0.318. The largest absolute Gasteiger partial charge is 0.483 e. The van der Waals surface area contributed by atoms with Crippen molar-refractivity contribution in [2.45, 2.75) is 32.7 Å². The lowest BCUT2D eigenvalue weighted by Crippen LogP contribution is -2.35. The molecule has 0 spiro atoms. The molecule has 1 aromatic carbocycles. The summed E-state index contributed by atoms with van der Waals surface area (Å²) in [5, 5.41) is 3.10. The average Bonchev–Trinajstić information content (AvgIpc) is 3.24. The summed E-state index contributed by atoms with van der Waals surface area (Å²) in [7, 11) is 0. The van der Waals surface area contributed by atoms with Crippen LogP contribution in [0.2, 0.25) is 0 Å². The lowest BCUT2D eigenvalue weighted by atomic mass is 10.1. The number of carbonyl (C=O) groups is 1. The second kappa shape index (κ2) is 8.86. The van der Waals surface area contributed by atoms with E-state index in [1.807, 2.05) is 36.9 Å². The molecule has 0 aliphatic carbocycles. The molecule has 1 atom stereocenters. The van der Waals surface area contributed by atoms with Gasteiger partial charge in [0.25, 0.3) is 5.91 Å². The van der Waals surface area contributed by atoms with Gasteiger partial charge < -0.3 is 15.0 Å². The Morgan fingerprint density at radius 1 is 1.13 bits per heavy atom. The highest BCUT2D eigenvalue weighted by molar-refractivity contribution is 5.78. The Balaban J connectivity index is 1.45. The molecule has 8 heteroatoms. The zero-order chi connectivity index (χ0) is 20.9. The lowest BCUT2D eigenvalue weighted by molar-refractivity contribution is -0.134. The van der Waals surface area contributed by atoms with Crippen LogP contribution in [0.15, 0.2) is 49.2 Å². The normalized spacial score (nSPS) is 15.8. The highest BCUT2D eigenvalue weighted by atomic mass is 16.5. The number of rotatable bonds is 6. The van der Waals surface area contributed by atoms with Crippen LogP contribution < -0.4 is 10.1 Å². The number of ether oxygens (including phenoxy) is 1. The van der Waals surface area contributed by atoms with Gasteiger partial charge in [-0.1, -0.05) is 18.2 Å². The molecule has 1 unspecified atom stereocenters. The van der Waals surface area contributed by atoms with Crippen molar-refractivity contribution < 1.29 is 9.53 Å². The summed E-state index contributed by atoms with van der Waals surface area (Å²) in [5.74, 6) is 1.88. The number of aryl methyl sites for hydroxylation is 2. The van der Waals surface area contributed by atoms with E-state index >= 15 is 0 Å². The Morgan fingerprint density at radius 3 is 2.70 bits per heavy atom. The van der Waals surface area contributed by atoms with E-state index in [-0.39, 0.29) is 18.6 Å². The fourth-order valence-electron chi connectivity index (χ4n) is 3.71. The van der Waals surface area contributed by atoms with E-state index < -0.39 is 0 Å². The molecular weight excluding hydrogens is 380 g/mol. The summed E-state index contributed by atoms with van der Waals surface area (Å²) in [6.45, 7) is 4.66. The Labute approximate surface area is 175 Å². The van der Waals surface area contributed by atoms with Gasteiger partial charge in [-0.3, -0.25) is 14.8 Å². The van der Waals surface area contributed by atoms with E-state index in [1.54, 1.807) is 31.0 Å². The fourth-order valence-corrected chi connectivity index (χ4v) is 3.71. The standard InChI is InChI=1S/C22H24N6O2/c1-15-5-3-6-16(2)22(15)30-14-21(29)28-10-4-7-18(28)17-11-24-13-20(26-17)27-19-12-23-8-9-25-19/h3,5-6,8-9,11-13,18H,4,7,10,14H2,1-2H3,(H,25,26,27). The van der Waals surface area contributed by atoms with E-state index in [0.717, 1.165) is 35.4 Å². The van der Waals surface area contributed by atoms with Gasteiger partial charge in [-0.25, -0.2) is 9.97 Å². The van der Waals surface area contributed by atoms with Crippen LogP contribution in [0.25, 0.3) is 0 Å². The highest BCUT2D eigenvalue weighted by Crippen LogP contribution is 2.31. The molecule has 1 aliphatic heterocycles. The first-order chi connectivity index (χ1) is 14.6. The Morgan fingerprint density at radius 2 is 1.93 bits per heavy atom. The third-order valence-corrected chi connectivity index (χ3v) is 5.14. The summed E-state index contributed by atoms with van der Waals surface area (Å²) in [4.78, 5) is 31.9. The molecule has 0 bridgehead atoms. The molecular formula is C22H24N6O2. The maximum absolute atomic E-state index is 12.9.